The molecule has 2 saturated heterocycles. The van der Waals surface area contributed by atoms with Crippen molar-refractivity contribution >= 4 is 47.6 Å². The number of carbonyl (C=O) groups is 2. The van der Waals surface area contributed by atoms with Gasteiger partial charge in [0.05, 0.1) is 19.1 Å². The van der Waals surface area contributed by atoms with Gasteiger partial charge in [-0.2, -0.15) is 0 Å². The van der Waals surface area contributed by atoms with Gasteiger partial charge < -0.3 is 25.6 Å². The van der Waals surface area contributed by atoms with Crippen LogP contribution < -0.4 is 16.0 Å². The number of likely N-dealkylation sites (tertiary alicyclic amines) is 1. The Morgan fingerprint density at radius 1 is 1.21 bits per heavy atom. The number of pyridine rings is 1. The van der Waals surface area contributed by atoms with Crippen LogP contribution in [-0.2, 0) is 20.9 Å². The van der Waals surface area contributed by atoms with Crippen LogP contribution in [0.1, 0.15) is 45.1 Å². The molecule has 0 radical (unpaired) electrons. The number of hydrogen-bond acceptors (Lipinski definition) is 6. The second-order valence-corrected chi connectivity index (χ2v) is 8.36. The van der Waals surface area contributed by atoms with Crippen molar-refractivity contribution in [3.8, 4) is 0 Å². The Hall–Kier alpha value is -2.11. The molecule has 2 aliphatic heterocycles. The fraction of sp³-hybridized carbons (Fsp3) is 0.652. The number of guanidine groups is 1. The molecule has 10 heteroatoms. The summed E-state index contributed by atoms with van der Waals surface area (Å²) in [6.45, 7) is 8.52. The molecule has 184 valence electrons. The molecule has 0 bridgehead atoms. The maximum Gasteiger partial charge on any atom is 0.310 e. The Balaban J connectivity index is 0.00000385. The number of aliphatic imine (C=N–C) groups is 1. The van der Waals surface area contributed by atoms with Gasteiger partial charge in [0.2, 0.25) is 5.91 Å². The molecule has 3 N–H and O–H groups in total. The maximum atomic E-state index is 12.2. The van der Waals surface area contributed by atoms with Crippen molar-refractivity contribution in [3.63, 3.8) is 0 Å². The summed E-state index contributed by atoms with van der Waals surface area (Å²) in [6, 6.07) is 3.97. The molecule has 9 nitrogen and oxygen atoms in total. The quantitative estimate of drug-likeness (QED) is 0.223. The highest BCUT2D eigenvalue weighted by atomic mass is 127. The smallest absolute Gasteiger partial charge is 0.310 e. The topological polar surface area (TPSA) is 113 Å². The van der Waals surface area contributed by atoms with E-state index in [4.69, 9.17) is 15.5 Å². The average Bonchev–Trinajstić information content (AvgIpc) is 2.82. The Kier molecular flexibility index (Phi) is 11.2. The predicted molar refractivity (Wildman–Crippen MR) is 140 cm³/mol. The van der Waals surface area contributed by atoms with Crippen LogP contribution in [0.4, 0.5) is 5.82 Å². The van der Waals surface area contributed by atoms with Gasteiger partial charge >= 0.3 is 5.97 Å². The van der Waals surface area contributed by atoms with Crippen LogP contribution in [0.15, 0.2) is 23.3 Å². The minimum absolute atomic E-state index is 0. The highest BCUT2D eigenvalue weighted by Crippen LogP contribution is 2.25. The molecule has 33 heavy (non-hydrogen) atoms. The number of nitrogens with zero attached hydrogens (tertiary/aromatic N) is 4. The zero-order chi connectivity index (χ0) is 22.9. The number of rotatable bonds is 7. The first-order valence-corrected chi connectivity index (χ1v) is 11.7. The van der Waals surface area contributed by atoms with Crippen LogP contribution >= 0.6 is 24.0 Å². The fourth-order valence-corrected chi connectivity index (χ4v) is 4.42. The largest absolute Gasteiger partial charge is 0.466 e. The number of aromatic nitrogens is 1. The molecule has 0 aromatic carbocycles. The normalized spacial score (nSPS) is 19.6. The van der Waals surface area contributed by atoms with Gasteiger partial charge in [0.15, 0.2) is 5.96 Å². The number of carbonyl (C=O) groups excluding carboxylic acids is 2. The molecule has 0 aliphatic carbocycles. The molecule has 3 heterocycles. The molecular formula is C23H37IN6O3. The fourth-order valence-electron chi connectivity index (χ4n) is 4.42. The van der Waals surface area contributed by atoms with E-state index in [9.17, 15) is 9.59 Å². The minimum atomic E-state index is -0.214. The van der Waals surface area contributed by atoms with E-state index < -0.39 is 0 Å². The Morgan fingerprint density at radius 3 is 2.64 bits per heavy atom. The highest BCUT2D eigenvalue weighted by Gasteiger charge is 2.29. The average molecular weight is 572 g/mol. The van der Waals surface area contributed by atoms with Crippen LogP contribution in [0.3, 0.4) is 0 Å². The zero-order valence-electron chi connectivity index (χ0n) is 19.7. The molecule has 1 aromatic rings. The van der Waals surface area contributed by atoms with E-state index >= 15 is 0 Å². The zero-order valence-corrected chi connectivity index (χ0v) is 22.0. The van der Waals surface area contributed by atoms with E-state index in [1.54, 1.807) is 6.20 Å². The van der Waals surface area contributed by atoms with E-state index in [1.165, 1.54) is 0 Å². The summed E-state index contributed by atoms with van der Waals surface area (Å²) < 4.78 is 5.24. The number of esters is 1. The predicted octanol–water partition coefficient (Wildman–Crippen LogP) is 2.14. The van der Waals surface area contributed by atoms with Gasteiger partial charge in [0.25, 0.3) is 0 Å². The molecule has 1 atom stereocenters. The van der Waals surface area contributed by atoms with Crippen molar-refractivity contribution in [2.24, 2.45) is 22.6 Å². The molecule has 1 amide bonds. The molecule has 0 saturated carbocycles. The first-order chi connectivity index (χ1) is 15.5. The van der Waals surface area contributed by atoms with Gasteiger partial charge in [0, 0.05) is 50.4 Å². The van der Waals surface area contributed by atoms with Crippen molar-refractivity contribution in [1.29, 1.82) is 0 Å². The van der Waals surface area contributed by atoms with Crippen LogP contribution in [0.5, 0.6) is 0 Å². The highest BCUT2D eigenvalue weighted by molar-refractivity contribution is 14.0. The van der Waals surface area contributed by atoms with Crippen molar-refractivity contribution in [3.05, 3.63) is 23.9 Å². The number of amides is 1. The standard InChI is InChI=1S/C23H36N6O3.HI/c1-3-25-23(29-12-6-8-19(16-29)22(31)32-4-2)27-15-18-7-5-11-26-21(18)28-13-9-17(10-14-28)20(24)30;/h5,7,11,17,19H,3-4,6,8-10,12-16H2,1-2H3,(H2,24,30)(H,25,27);1H. The molecular weight excluding hydrogens is 535 g/mol. The lowest BCUT2D eigenvalue weighted by Gasteiger charge is -2.34. The lowest BCUT2D eigenvalue weighted by molar-refractivity contribution is -0.149. The third-order valence-corrected chi connectivity index (χ3v) is 6.14. The first kappa shape index (κ1) is 27.1. The number of piperidine rings is 2. The van der Waals surface area contributed by atoms with Crippen molar-refractivity contribution in [2.45, 2.75) is 46.1 Å². The maximum absolute atomic E-state index is 12.2. The number of nitrogens with two attached hydrogens (primary N) is 1. The van der Waals surface area contributed by atoms with Crippen molar-refractivity contribution < 1.29 is 14.3 Å². The van der Waals surface area contributed by atoms with Gasteiger partial charge in [0.1, 0.15) is 5.82 Å². The molecule has 2 aliphatic rings. The molecule has 2 fully saturated rings. The lowest BCUT2D eigenvalue weighted by atomic mass is 9.96. The first-order valence-electron chi connectivity index (χ1n) is 11.7. The van der Waals surface area contributed by atoms with Crippen molar-refractivity contribution in [1.82, 2.24) is 15.2 Å². The summed E-state index contributed by atoms with van der Waals surface area (Å²) in [6.07, 6.45) is 5.08. The summed E-state index contributed by atoms with van der Waals surface area (Å²) in [5, 5.41) is 3.37. The number of nitrogens with one attached hydrogen (secondary N) is 1. The summed E-state index contributed by atoms with van der Waals surface area (Å²) in [4.78, 5) is 37.6. The van der Waals surface area contributed by atoms with Crippen LogP contribution in [0.2, 0.25) is 0 Å². The summed E-state index contributed by atoms with van der Waals surface area (Å²) in [5.74, 6) is 1.22. The second-order valence-electron chi connectivity index (χ2n) is 8.36. The van der Waals surface area contributed by atoms with E-state index in [0.717, 1.165) is 69.2 Å². The van der Waals surface area contributed by atoms with Gasteiger partial charge in [-0.15, -0.1) is 24.0 Å². The Labute approximate surface area is 213 Å². The number of anilines is 1. The molecule has 1 unspecified atom stereocenters. The third-order valence-electron chi connectivity index (χ3n) is 6.14. The summed E-state index contributed by atoms with van der Waals surface area (Å²) in [7, 11) is 0. The summed E-state index contributed by atoms with van der Waals surface area (Å²) in [5.41, 5.74) is 6.52. The second kappa shape index (κ2) is 13.6. The molecule has 1 aromatic heterocycles. The summed E-state index contributed by atoms with van der Waals surface area (Å²) >= 11 is 0. The van der Waals surface area contributed by atoms with E-state index in [2.05, 4.69) is 20.1 Å². The van der Waals surface area contributed by atoms with E-state index in [-0.39, 0.29) is 47.7 Å². The monoisotopic (exact) mass is 572 g/mol. The van der Waals surface area contributed by atoms with Gasteiger partial charge in [-0.05, 0) is 45.6 Å². The van der Waals surface area contributed by atoms with Crippen LogP contribution in [0.25, 0.3) is 0 Å². The van der Waals surface area contributed by atoms with E-state index in [0.29, 0.717) is 19.7 Å². The van der Waals surface area contributed by atoms with Gasteiger partial charge in [-0.1, -0.05) is 6.07 Å². The SMILES string of the molecule is CCNC(=NCc1cccnc1N1CCC(C(N)=O)CC1)N1CCCC(C(=O)OCC)C1.I. The number of hydrogen-bond donors (Lipinski definition) is 2. The number of halogens is 1. The van der Waals surface area contributed by atoms with Crippen LogP contribution in [0, 0.1) is 11.8 Å². The molecule has 0 spiro atoms. The van der Waals surface area contributed by atoms with E-state index in [1.807, 2.05) is 26.0 Å². The van der Waals surface area contributed by atoms with Crippen molar-refractivity contribution in [2.75, 3.05) is 44.2 Å². The number of ether oxygens (including phenoxy) is 1. The number of primary amides is 1. The van der Waals surface area contributed by atoms with Gasteiger partial charge in [-0.25, -0.2) is 9.98 Å². The van der Waals surface area contributed by atoms with Gasteiger partial charge in [-0.3, -0.25) is 9.59 Å². The Morgan fingerprint density at radius 2 is 1.97 bits per heavy atom. The molecule has 3 rings (SSSR count). The minimum Gasteiger partial charge on any atom is -0.466 e. The third kappa shape index (κ3) is 7.44. The van der Waals surface area contributed by atoms with Crippen LogP contribution in [-0.4, -0.2) is 67.1 Å². The lowest BCUT2D eigenvalue weighted by Crippen LogP contribution is -2.48. The Bertz CT molecular complexity index is 813.